The molecule has 1 atom stereocenters. The zero-order chi connectivity index (χ0) is 17.8. The van der Waals surface area contributed by atoms with Crippen molar-refractivity contribution in [1.29, 1.82) is 0 Å². The highest BCUT2D eigenvalue weighted by Crippen LogP contribution is 2.26. The SMILES string of the molecule is CCOc1cccn2c(C(=O)C[C@@H](CN)c3ccccc3)c(C)nc12. The van der Waals surface area contributed by atoms with Crippen molar-refractivity contribution in [3.63, 3.8) is 0 Å². The number of nitrogens with two attached hydrogens (primary N) is 1. The van der Waals surface area contributed by atoms with E-state index in [-0.39, 0.29) is 11.7 Å². The van der Waals surface area contributed by atoms with E-state index < -0.39 is 0 Å². The number of aryl methyl sites for hydroxylation is 1. The molecule has 5 nitrogen and oxygen atoms in total. The fraction of sp³-hybridized carbons (Fsp3) is 0.300. The van der Waals surface area contributed by atoms with Gasteiger partial charge in [0.2, 0.25) is 0 Å². The van der Waals surface area contributed by atoms with Gasteiger partial charge in [-0.15, -0.1) is 0 Å². The normalized spacial score (nSPS) is 12.3. The van der Waals surface area contributed by atoms with Gasteiger partial charge >= 0.3 is 0 Å². The minimum absolute atomic E-state index is 0.00581. The summed E-state index contributed by atoms with van der Waals surface area (Å²) < 4.78 is 7.44. The molecule has 0 saturated heterocycles. The molecule has 0 radical (unpaired) electrons. The predicted octanol–water partition coefficient (Wildman–Crippen LogP) is 3.36. The van der Waals surface area contributed by atoms with Crippen molar-refractivity contribution in [1.82, 2.24) is 9.38 Å². The van der Waals surface area contributed by atoms with Crippen LogP contribution in [0.4, 0.5) is 0 Å². The lowest BCUT2D eigenvalue weighted by Gasteiger charge is -2.14. The molecule has 3 rings (SSSR count). The summed E-state index contributed by atoms with van der Waals surface area (Å²) in [6.45, 7) is 4.76. The molecule has 0 amide bonds. The highest BCUT2D eigenvalue weighted by atomic mass is 16.5. The van der Waals surface area contributed by atoms with E-state index in [0.29, 0.717) is 42.4 Å². The molecule has 1 aromatic carbocycles. The average molecular weight is 337 g/mol. The van der Waals surface area contributed by atoms with E-state index in [0.717, 1.165) is 5.56 Å². The van der Waals surface area contributed by atoms with E-state index in [1.165, 1.54) is 0 Å². The molecule has 0 bridgehead atoms. The van der Waals surface area contributed by atoms with Gasteiger partial charge in [0.15, 0.2) is 17.2 Å². The lowest BCUT2D eigenvalue weighted by Crippen LogP contribution is -2.18. The Bertz CT molecular complexity index is 871. The number of imidazole rings is 1. The Morgan fingerprint density at radius 1 is 1.24 bits per heavy atom. The summed E-state index contributed by atoms with van der Waals surface area (Å²) >= 11 is 0. The van der Waals surface area contributed by atoms with Crippen LogP contribution in [0.25, 0.3) is 5.65 Å². The molecule has 3 aromatic rings. The first kappa shape index (κ1) is 17.2. The lowest BCUT2D eigenvalue weighted by atomic mass is 9.93. The number of hydrogen-bond acceptors (Lipinski definition) is 4. The lowest BCUT2D eigenvalue weighted by molar-refractivity contribution is 0.0968. The number of nitrogens with zero attached hydrogens (tertiary/aromatic N) is 2. The second-order valence-electron chi connectivity index (χ2n) is 6.02. The van der Waals surface area contributed by atoms with Gasteiger partial charge in [0, 0.05) is 18.5 Å². The molecule has 130 valence electrons. The Kier molecular flexibility index (Phi) is 5.14. The Hall–Kier alpha value is -2.66. The zero-order valence-electron chi connectivity index (χ0n) is 14.6. The molecule has 2 aromatic heterocycles. The summed E-state index contributed by atoms with van der Waals surface area (Å²) in [4.78, 5) is 17.5. The standard InChI is InChI=1S/C20H23N3O2/c1-3-25-18-10-7-11-23-19(14(2)22-20(18)23)17(24)12-16(13-21)15-8-5-4-6-9-15/h4-11,16H,3,12-13,21H2,1-2H3/t16-/m0/s1. The van der Waals surface area contributed by atoms with Crippen molar-refractivity contribution in [3.8, 4) is 5.75 Å². The van der Waals surface area contributed by atoms with Crippen LogP contribution in [0.15, 0.2) is 48.7 Å². The topological polar surface area (TPSA) is 69.6 Å². The van der Waals surface area contributed by atoms with E-state index in [1.54, 1.807) is 0 Å². The minimum Gasteiger partial charge on any atom is -0.490 e. The predicted molar refractivity (Wildman–Crippen MR) is 98.3 cm³/mol. The van der Waals surface area contributed by atoms with Crippen LogP contribution in [-0.4, -0.2) is 28.3 Å². The van der Waals surface area contributed by atoms with Crippen LogP contribution < -0.4 is 10.5 Å². The first-order valence-electron chi connectivity index (χ1n) is 8.54. The maximum absolute atomic E-state index is 13.0. The highest BCUT2D eigenvalue weighted by Gasteiger charge is 2.22. The molecule has 0 saturated carbocycles. The van der Waals surface area contributed by atoms with Crippen molar-refractivity contribution in [2.24, 2.45) is 5.73 Å². The first-order valence-corrected chi connectivity index (χ1v) is 8.54. The van der Waals surface area contributed by atoms with E-state index in [2.05, 4.69) is 4.98 Å². The maximum atomic E-state index is 13.0. The quantitative estimate of drug-likeness (QED) is 0.671. The molecule has 2 heterocycles. The number of pyridine rings is 1. The van der Waals surface area contributed by atoms with Crippen molar-refractivity contribution in [2.75, 3.05) is 13.2 Å². The molecular weight excluding hydrogens is 314 g/mol. The third-order valence-corrected chi connectivity index (χ3v) is 4.34. The van der Waals surface area contributed by atoms with Gasteiger partial charge in [0.25, 0.3) is 0 Å². The van der Waals surface area contributed by atoms with Crippen molar-refractivity contribution >= 4 is 11.4 Å². The summed E-state index contributed by atoms with van der Waals surface area (Å²) in [7, 11) is 0. The van der Waals surface area contributed by atoms with Gasteiger partial charge in [-0.25, -0.2) is 4.98 Å². The Morgan fingerprint density at radius 2 is 2.00 bits per heavy atom. The highest BCUT2D eigenvalue weighted by molar-refractivity contribution is 5.97. The fourth-order valence-corrected chi connectivity index (χ4v) is 3.14. The summed E-state index contributed by atoms with van der Waals surface area (Å²) in [5.74, 6) is 0.720. The Labute approximate surface area is 147 Å². The molecular formula is C20H23N3O2. The maximum Gasteiger partial charge on any atom is 0.182 e. The molecule has 0 unspecified atom stereocenters. The van der Waals surface area contributed by atoms with Gasteiger partial charge in [-0.1, -0.05) is 30.3 Å². The second kappa shape index (κ2) is 7.49. The molecule has 0 aliphatic heterocycles. The summed E-state index contributed by atoms with van der Waals surface area (Å²) in [5, 5.41) is 0. The smallest absolute Gasteiger partial charge is 0.182 e. The van der Waals surface area contributed by atoms with Gasteiger partial charge < -0.3 is 10.5 Å². The summed E-state index contributed by atoms with van der Waals surface area (Å²) in [5.41, 5.74) is 9.00. The monoisotopic (exact) mass is 337 g/mol. The number of hydrogen-bond donors (Lipinski definition) is 1. The number of carbonyl (C=O) groups excluding carboxylic acids is 1. The van der Waals surface area contributed by atoms with Gasteiger partial charge in [0.1, 0.15) is 5.69 Å². The number of aromatic nitrogens is 2. The number of fused-ring (bicyclic) bond motifs is 1. The van der Waals surface area contributed by atoms with E-state index in [9.17, 15) is 4.79 Å². The number of Topliss-reactive ketones (excluding diaryl/α,β-unsaturated/α-hetero) is 1. The van der Waals surface area contributed by atoms with Crippen LogP contribution in [0.5, 0.6) is 5.75 Å². The van der Waals surface area contributed by atoms with Crippen LogP contribution in [0, 0.1) is 6.92 Å². The molecule has 0 fully saturated rings. The second-order valence-corrected chi connectivity index (χ2v) is 6.02. The minimum atomic E-state index is -0.00581. The Balaban J connectivity index is 1.94. The summed E-state index contributed by atoms with van der Waals surface area (Å²) in [6, 6.07) is 13.7. The van der Waals surface area contributed by atoms with Crippen molar-refractivity contribution < 1.29 is 9.53 Å². The Morgan fingerprint density at radius 3 is 2.68 bits per heavy atom. The molecule has 2 N–H and O–H groups in total. The van der Waals surface area contributed by atoms with E-state index >= 15 is 0 Å². The van der Waals surface area contributed by atoms with E-state index in [4.69, 9.17) is 10.5 Å². The van der Waals surface area contributed by atoms with Crippen LogP contribution in [0.3, 0.4) is 0 Å². The summed E-state index contributed by atoms with van der Waals surface area (Å²) in [6.07, 6.45) is 2.21. The van der Waals surface area contributed by atoms with Crippen molar-refractivity contribution in [3.05, 3.63) is 65.6 Å². The third-order valence-electron chi connectivity index (χ3n) is 4.34. The average Bonchev–Trinajstić information content (AvgIpc) is 2.97. The van der Waals surface area contributed by atoms with Crippen LogP contribution in [0.1, 0.15) is 41.0 Å². The van der Waals surface area contributed by atoms with E-state index in [1.807, 2.05) is 66.9 Å². The molecule has 25 heavy (non-hydrogen) atoms. The first-order chi connectivity index (χ1) is 12.2. The zero-order valence-corrected chi connectivity index (χ0v) is 14.6. The number of benzene rings is 1. The molecule has 0 spiro atoms. The van der Waals surface area contributed by atoms with Gasteiger partial charge in [-0.3, -0.25) is 9.20 Å². The number of ether oxygens (including phenoxy) is 1. The third kappa shape index (κ3) is 3.42. The molecule has 0 aliphatic carbocycles. The number of carbonyl (C=O) groups is 1. The molecule has 5 heteroatoms. The van der Waals surface area contributed by atoms with Gasteiger partial charge in [-0.05, 0) is 38.1 Å². The molecule has 0 aliphatic rings. The van der Waals surface area contributed by atoms with Crippen LogP contribution in [-0.2, 0) is 0 Å². The number of ketones is 1. The van der Waals surface area contributed by atoms with Crippen LogP contribution in [0.2, 0.25) is 0 Å². The fourth-order valence-electron chi connectivity index (χ4n) is 3.14. The number of rotatable bonds is 7. The largest absolute Gasteiger partial charge is 0.490 e. The van der Waals surface area contributed by atoms with Crippen LogP contribution >= 0.6 is 0 Å². The van der Waals surface area contributed by atoms with Crippen molar-refractivity contribution in [2.45, 2.75) is 26.2 Å². The van der Waals surface area contributed by atoms with Gasteiger partial charge in [0.05, 0.1) is 12.3 Å². The van der Waals surface area contributed by atoms with Gasteiger partial charge in [-0.2, -0.15) is 0 Å².